The van der Waals surface area contributed by atoms with Crippen LogP contribution in [0.25, 0.3) is 0 Å². The summed E-state index contributed by atoms with van der Waals surface area (Å²) in [5, 5.41) is 3.36. The monoisotopic (exact) mass is 234 g/mol. The average Bonchev–Trinajstić information content (AvgIpc) is 2.86. The maximum absolute atomic E-state index is 5.35. The molecule has 2 aromatic rings. The smallest absolute Gasteiger partial charge is 0.394 e. The summed E-state index contributed by atoms with van der Waals surface area (Å²) in [4.78, 5) is 4.22. The van der Waals surface area contributed by atoms with Crippen molar-refractivity contribution in [3.63, 3.8) is 0 Å². The van der Waals surface area contributed by atoms with E-state index in [0.29, 0.717) is 12.6 Å². The molecule has 0 spiro atoms. The van der Waals surface area contributed by atoms with Crippen LogP contribution in [0.5, 0.6) is 6.08 Å². The highest BCUT2D eigenvalue weighted by Gasteiger charge is 2.20. The summed E-state index contributed by atoms with van der Waals surface area (Å²) in [5.74, 6) is 0.751. The molecular weight excluding hydrogens is 220 g/mol. The van der Waals surface area contributed by atoms with E-state index in [1.54, 1.807) is 12.5 Å². The first-order valence-corrected chi connectivity index (χ1v) is 5.73. The molecule has 0 saturated heterocycles. The van der Waals surface area contributed by atoms with Crippen molar-refractivity contribution < 1.29 is 13.6 Å². The van der Waals surface area contributed by atoms with Crippen LogP contribution in [0, 0.1) is 0 Å². The third-order valence-corrected chi connectivity index (χ3v) is 2.60. The number of nitrogens with one attached hydrogen (secondary N) is 1. The highest BCUT2D eigenvalue weighted by atomic mass is 16.6. The first kappa shape index (κ1) is 10.4. The van der Waals surface area contributed by atoms with E-state index in [4.69, 9.17) is 13.6 Å². The standard InChI is InChI=1S/C12H14N2O3/c1-2-11(15-5-1)8-17-12-14-10(7-16-12)6-13-9-3-4-9/h1-2,5,7,9,13H,3-4,6,8H2. The van der Waals surface area contributed by atoms with E-state index in [2.05, 4.69) is 10.3 Å². The maximum atomic E-state index is 5.35. The third kappa shape index (κ3) is 2.88. The molecule has 1 aliphatic carbocycles. The van der Waals surface area contributed by atoms with Gasteiger partial charge in [0.15, 0.2) is 6.61 Å². The van der Waals surface area contributed by atoms with Crippen molar-refractivity contribution >= 4 is 0 Å². The quantitative estimate of drug-likeness (QED) is 0.829. The Bertz CT molecular complexity index is 460. The maximum Gasteiger partial charge on any atom is 0.394 e. The minimum absolute atomic E-state index is 0.286. The van der Waals surface area contributed by atoms with Gasteiger partial charge in [0.05, 0.1) is 12.0 Å². The number of rotatable bonds is 6. The van der Waals surface area contributed by atoms with Gasteiger partial charge < -0.3 is 18.9 Å². The zero-order valence-corrected chi connectivity index (χ0v) is 9.39. The fourth-order valence-electron chi connectivity index (χ4n) is 1.50. The van der Waals surface area contributed by atoms with Gasteiger partial charge in [-0.3, -0.25) is 0 Å². The molecule has 2 aromatic heterocycles. The summed E-state index contributed by atoms with van der Waals surface area (Å²) in [5.41, 5.74) is 0.867. The zero-order valence-electron chi connectivity index (χ0n) is 9.39. The highest BCUT2D eigenvalue weighted by Crippen LogP contribution is 2.19. The Balaban J connectivity index is 1.49. The second-order valence-electron chi connectivity index (χ2n) is 4.13. The van der Waals surface area contributed by atoms with Crippen LogP contribution in [0.3, 0.4) is 0 Å². The molecule has 0 aromatic carbocycles. The molecule has 17 heavy (non-hydrogen) atoms. The molecule has 0 bridgehead atoms. The second kappa shape index (κ2) is 4.63. The minimum atomic E-state index is 0.286. The van der Waals surface area contributed by atoms with Gasteiger partial charge >= 0.3 is 6.08 Å². The normalized spacial score (nSPS) is 15.1. The molecule has 0 amide bonds. The predicted molar refractivity (Wildman–Crippen MR) is 59.4 cm³/mol. The molecule has 1 saturated carbocycles. The van der Waals surface area contributed by atoms with Crippen molar-refractivity contribution in [1.29, 1.82) is 0 Å². The Morgan fingerprint density at radius 1 is 1.41 bits per heavy atom. The van der Waals surface area contributed by atoms with Gasteiger partial charge in [0, 0.05) is 12.6 Å². The van der Waals surface area contributed by atoms with Gasteiger partial charge in [0.25, 0.3) is 0 Å². The average molecular weight is 234 g/mol. The van der Waals surface area contributed by atoms with E-state index in [9.17, 15) is 0 Å². The highest BCUT2D eigenvalue weighted by molar-refractivity contribution is 5.02. The van der Waals surface area contributed by atoms with Crippen LogP contribution in [-0.2, 0) is 13.2 Å². The second-order valence-corrected chi connectivity index (χ2v) is 4.13. The molecule has 0 unspecified atom stereocenters. The number of nitrogens with zero attached hydrogens (tertiary/aromatic N) is 1. The molecule has 1 fully saturated rings. The SMILES string of the molecule is c1coc(COc2nc(CNC3CC3)co2)c1. The zero-order chi connectivity index (χ0) is 11.5. The van der Waals surface area contributed by atoms with E-state index in [-0.39, 0.29) is 6.08 Å². The first-order valence-electron chi connectivity index (χ1n) is 5.73. The molecule has 1 N–H and O–H groups in total. The molecule has 90 valence electrons. The molecule has 0 atom stereocenters. The number of oxazole rings is 1. The van der Waals surface area contributed by atoms with Crippen molar-refractivity contribution in [2.24, 2.45) is 0 Å². The van der Waals surface area contributed by atoms with Crippen molar-refractivity contribution in [3.05, 3.63) is 36.1 Å². The van der Waals surface area contributed by atoms with E-state index in [0.717, 1.165) is 18.0 Å². The Kier molecular flexibility index (Phi) is 2.83. The van der Waals surface area contributed by atoms with Gasteiger partial charge in [-0.25, -0.2) is 0 Å². The molecular formula is C12H14N2O3. The lowest BCUT2D eigenvalue weighted by Crippen LogP contribution is -2.15. The summed E-state index contributed by atoms with van der Waals surface area (Å²) in [6.07, 6.45) is 6.04. The van der Waals surface area contributed by atoms with Crippen LogP contribution in [0.2, 0.25) is 0 Å². The summed E-state index contributed by atoms with van der Waals surface area (Å²) >= 11 is 0. The summed E-state index contributed by atoms with van der Waals surface area (Å²) in [6.45, 7) is 1.07. The van der Waals surface area contributed by atoms with E-state index in [1.165, 1.54) is 12.8 Å². The van der Waals surface area contributed by atoms with Crippen LogP contribution < -0.4 is 10.1 Å². The lowest BCUT2D eigenvalue weighted by atomic mass is 10.5. The lowest BCUT2D eigenvalue weighted by Gasteiger charge is -1.97. The Morgan fingerprint density at radius 3 is 3.12 bits per heavy atom. The van der Waals surface area contributed by atoms with Gasteiger partial charge in [-0.15, -0.1) is 0 Å². The molecule has 5 heteroatoms. The van der Waals surface area contributed by atoms with Crippen molar-refractivity contribution in [2.75, 3.05) is 0 Å². The van der Waals surface area contributed by atoms with Gasteiger partial charge in [-0.05, 0) is 25.0 Å². The summed E-state index contributed by atoms with van der Waals surface area (Å²) < 4.78 is 15.7. The summed E-state index contributed by atoms with van der Waals surface area (Å²) in [7, 11) is 0. The van der Waals surface area contributed by atoms with Gasteiger partial charge in [0.2, 0.25) is 0 Å². The topological polar surface area (TPSA) is 60.4 Å². The number of ether oxygens (including phenoxy) is 1. The van der Waals surface area contributed by atoms with Gasteiger partial charge in [0.1, 0.15) is 12.0 Å². The lowest BCUT2D eigenvalue weighted by molar-refractivity contribution is 0.200. The number of furan rings is 1. The van der Waals surface area contributed by atoms with Crippen LogP contribution in [0.1, 0.15) is 24.3 Å². The molecule has 2 heterocycles. The van der Waals surface area contributed by atoms with Crippen LogP contribution in [0.4, 0.5) is 0 Å². The number of hydrogen-bond donors (Lipinski definition) is 1. The van der Waals surface area contributed by atoms with Crippen molar-refractivity contribution in [2.45, 2.75) is 32.0 Å². The number of aromatic nitrogens is 1. The van der Waals surface area contributed by atoms with Crippen LogP contribution in [-0.4, -0.2) is 11.0 Å². The number of hydrogen-bond acceptors (Lipinski definition) is 5. The first-order chi connectivity index (χ1) is 8.40. The molecule has 1 aliphatic rings. The molecule has 0 radical (unpaired) electrons. The van der Waals surface area contributed by atoms with Crippen LogP contribution >= 0.6 is 0 Å². The fraction of sp³-hybridized carbons (Fsp3) is 0.417. The Labute approximate surface area is 98.8 Å². The van der Waals surface area contributed by atoms with Gasteiger partial charge in [-0.2, -0.15) is 4.98 Å². The molecule has 3 rings (SSSR count). The van der Waals surface area contributed by atoms with E-state index in [1.807, 2.05) is 12.1 Å². The van der Waals surface area contributed by atoms with E-state index < -0.39 is 0 Å². The van der Waals surface area contributed by atoms with Crippen molar-refractivity contribution in [3.8, 4) is 6.08 Å². The van der Waals surface area contributed by atoms with E-state index >= 15 is 0 Å². The minimum Gasteiger partial charge on any atom is -0.466 e. The Hall–Kier alpha value is -1.75. The Morgan fingerprint density at radius 2 is 2.35 bits per heavy atom. The summed E-state index contributed by atoms with van der Waals surface area (Å²) in [6, 6.07) is 4.33. The third-order valence-electron chi connectivity index (χ3n) is 2.60. The molecule has 5 nitrogen and oxygen atoms in total. The fourth-order valence-corrected chi connectivity index (χ4v) is 1.50. The predicted octanol–water partition coefficient (Wildman–Crippen LogP) is 2.10. The van der Waals surface area contributed by atoms with Crippen LogP contribution in [0.15, 0.2) is 33.5 Å². The largest absolute Gasteiger partial charge is 0.466 e. The van der Waals surface area contributed by atoms with Gasteiger partial charge in [-0.1, -0.05) is 0 Å². The van der Waals surface area contributed by atoms with Crippen molar-refractivity contribution in [1.82, 2.24) is 10.3 Å². The molecule has 0 aliphatic heterocycles.